The number of esters is 1. The first kappa shape index (κ1) is 16.6. The van der Waals surface area contributed by atoms with E-state index < -0.39 is 27.2 Å². The number of carbonyl (C=O) groups excluding carboxylic acids is 1. The number of nitrogens with one attached hydrogen (secondary N) is 1. The van der Waals surface area contributed by atoms with Crippen LogP contribution < -0.4 is 4.72 Å². The first-order chi connectivity index (χ1) is 9.85. The molecule has 1 fully saturated rings. The van der Waals surface area contributed by atoms with Gasteiger partial charge in [-0.15, -0.1) is 0 Å². The van der Waals surface area contributed by atoms with Crippen LogP contribution in [0.2, 0.25) is 5.02 Å². The van der Waals surface area contributed by atoms with Gasteiger partial charge in [-0.05, 0) is 47.0 Å². The molecule has 21 heavy (non-hydrogen) atoms. The molecule has 1 N–H and O–H groups in total. The third-order valence-corrected chi connectivity index (χ3v) is 6.63. The lowest BCUT2D eigenvalue weighted by Gasteiger charge is -2.19. The van der Waals surface area contributed by atoms with E-state index in [1.54, 1.807) is 18.2 Å². The molecule has 5 nitrogen and oxygen atoms in total. The van der Waals surface area contributed by atoms with Gasteiger partial charge in [-0.2, -0.15) is 0 Å². The van der Waals surface area contributed by atoms with Crippen LogP contribution in [0, 0.1) is 5.92 Å². The van der Waals surface area contributed by atoms with Crippen LogP contribution in [0.1, 0.15) is 19.3 Å². The van der Waals surface area contributed by atoms with Crippen LogP contribution >= 0.6 is 27.5 Å². The van der Waals surface area contributed by atoms with Crippen LogP contribution in [-0.2, 0) is 19.6 Å². The maximum absolute atomic E-state index is 12.5. The second-order valence-electron chi connectivity index (χ2n) is 4.87. The minimum Gasteiger partial charge on any atom is -0.469 e. The van der Waals surface area contributed by atoms with Crippen molar-refractivity contribution in [3.8, 4) is 0 Å². The van der Waals surface area contributed by atoms with E-state index >= 15 is 0 Å². The summed E-state index contributed by atoms with van der Waals surface area (Å²) in [5, 5.41) is -0.273. The molecule has 1 aromatic rings. The summed E-state index contributed by atoms with van der Waals surface area (Å²) in [6, 6.07) is 4.75. The number of rotatable bonds is 4. The quantitative estimate of drug-likeness (QED) is 0.793. The largest absolute Gasteiger partial charge is 0.469 e. The van der Waals surface area contributed by atoms with Gasteiger partial charge < -0.3 is 4.74 Å². The third kappa shape index (κ3) is 3.70. The molecule has 0 bridgehead atoms. The number of anilines is 1. The molecule has 0 spiro atoms. The number of sulfonamides is 1. The van der Waals surface area contributed by atoms with E-state index in [-0.39, 0.29) is 0 Å². The number of hydrogen-bond acceptors (Lipinski definition) is 4. The molecule has 0 aliphatic heterocycles. The smallest absolute Gasteiger partial charge is 0.310 e. The van der Waals surface area contributed by atoms with Gasteiger partial charge in [0, 0.05) is 10.2 Å². The van der Waals surface area contributed by atoms with Crippen molar-refractivity contribution in [3.63, 3.8) is 0 Å². The minimum atomic E-state index is -3.66. The highest BCUT2D eigenvalue weighted by molar-refractivity contribution is 9.10. The fourth-order valence-corrected chi connectivity index (χ4v) is 4.78. The molecular formula is C13H15BrClNO4S. The number of carbonyl (C=O) groups is 1. The van der Waals surface area contributed by atoms with Gasteiger partial charge in [-0.3, -0.25) is 9.52 Å². The first-order valence-electron chi connectivity index (χ1n) is 6.39. The molecule has 0 aromatic heterocycles. The molecule has 8 heteroatoms. The number of ether oxygens (including phenoxy) is 1. The molecule has 1 aliphatic rings. The number of halogens is 2. The molecule has 2 atom stereocenters. The highest BCUT2D eigenvalue weighted by Gasteiger charge is 2.42. The molecule has 2 unspecified atom stereocenters. The van der Waals surface area contributed by atoms with E-state index in [4.69, 9.17) is 11.6 Å². The lowest BCUT2D eigenvalue weighted by atomic mass is 10.1. The van der Waals surface area contributed by atoms with Crippen molar-refractivity contribution >= 4 is 49.2 Å². The van der Waals surface area contributed by atoms with E-state index in [9.17, 15) is 13.2 Å². The zero-order chi connectivity index (χ0) is 15.6. The van der Waals surface area contributed by atoms with Gasteiger partial charge in [0.15, 0.2) is 0 Å². The Morgan fingerprint density at radius 3 is 2.76 bits per heavy atom. The fourth-order valence-electron chi connectivity index (χ4n) is 2.52. The zero-order valence-corrected chi connectivity index (χ0v) is 14.5. The van der Waals surface area contributed by atoms with E-state index in [0.29, 0.717) is 34.4 Å². The monoisotopic (exact) mass is 395 g/mol. The Labute approximate surface area is 137 Å². The summed E-state index contributed by atoms with van der Waals surface area (Å²) in [6.45, 7) is 0. The van der Waals surface area contributed by atoms with Crippen LogP contribution in [0.25, 0.3) is 0 Å². The van der Waals surface area contributed by atoms with Crippen LogP contribution in [0.3, 0.4) is 0 Å². The molecule has 0 saturated heterocycles. The van der Waals surface area contributed by atoms with Crippen LogP contribution in [0.4, 0.5) is 5.69 Å². The fraction of sp³-hybridized carbons (Fsp3) is 0.462. The predicted molar refractivity (Wildman–Crippen MR) is 84.8 cm³/mol. The summed E-state index contributed by atoms with van der Waals surface area (Å²) in [6.07, 6.45) is 1.67. The van der Waals surface area contributed by atoms with E-state index in [1.165, 1.54) is 7.11 Å². The van der Waals surface area contributed by atoms with Crippen molar-refractivity contribution in [2.45, 2.75) is 24.5 Å². The van der Waals surface area contributed by atoms with Gasteiger partial charge in [0.1, 0.15) is 0 Å². The summed E-state index contributed by atoms with van der Waals surface area (Å²) in [5.74, 6) is -1.08. The Hall–Kier alpha value is -0.790. The Bertz CT molecular complexity index is 650. The highest BCUT2D eigenvalue weighted by Crippen LogP contribution is 2.34. The van der Waals surface area contributed by atoms with E-state index in [1.807, 2.05) is 0 Å². The average Bonchev–Trinajstić information content (AvgIpc) is 2.92. The van der Waals surface area contributed by atoms with E-state index in [2.05, 4.69) is 25.4 Å². The second-order valence-corrected chi connectivity index (χ2v) is 8.04. The normalized spacial score (nSPS) is 22.0. The van der Waals surface area contributed by atoms with Gasteiger partial charge in [0.05, 0.1) is 23.3 Å². The van der Waals surface area contributed by atoms with Gasteiger partial charge in [-0.1, -0.05) is 18.0 Å². The van der Waals surface area contributed by atoms with Crippen LogP contribution in [0.15, 0.2) is 22.7 Å². The zero-order valence-electron chi connectivity index (χ0n) is 11.3. The Balaban J connectivity index is 2.21. The van der Waals surface area contributed by atoms with Crippen molar-refractivity contribution in [2.24, 2.45) is 5.92 Å². The van der Waals surface area contributed by atoms with Crippen molar-refractivity contribution in [3.05, 3.63) is 27.7 Å². The number of benzene rings is 1. The molecule has 2 rings (SSSR count). The molecule has 0 radical (unpaired) electrons. The van der Waals surface area contributed by atoms with Gasteiger partial charge in [0.2, 0.25) is 10.0 Å². The first-order valence-corrected chi connectivity index (χ1v) is 9.11. The summed E-state index contributed by atoms with van der Waals surface area (Å²) in [5.41, 5.74) is 0.404. The lowest BCUT2D eigenvalue weighted by Crippen LogP contribution is -2.35. The van der Waals surface area contributed by atoms with Crippen molar-refractivity contribution < 1.29 is 17.9 Å². The summed E-state index contributed by atoms with van der Waals surface area (Å²) >= 11 is 9.12. The summed E-state index contributed by atoms with van der Waals surface area (Å²) in [4.78, 5) is 11.7. The highest BCUT2D eigenvalue weighted by atomic mass is 79.9. The Morgan fingerprint density at radius 2 is 2.14 bits per heavy atom. The number of methoxy groups -OCH3 is 1. The lowest BCUT2D eigenvalue weighted by molar-refractivity contribution is -0.145. The van der Waals surface area contributed by atoms with Crippen molar-refractivity contribution in [1.82, 2.24) is 0 Å². The summed E-state index contributed by atoms with van der Waals surface area (Å²) in [7, 11) is -2.39. The van der Waals surface area contributed by atoms with Gasteiger partial charge >= 0.3 is 5.97 Å². The second kappa shape index (κ2) is 6.54. The Morgan fingerprint density at radius 1 is 1.43 bits per heavy atom. The number of hydrogen-bond donors (Lipinski definition) is 1. The van der Waals surface area contributed by atoms with Crippen LogP contribution in [0.5, 0.6) is 0 Å². The average molecular weight is 397 g/mol. The predicted octanol–water partition coefficient (Wildman–Crippen LogP) is 3.19. The van der Waals surface area contributed by atoms with Gasteiger partial charge in [0.25, 0.3) is 0 Å². The molecule has 1 saturated carbocycles. The van der Waals surface area contributed by atoms with E-state index in [0.717, 1.165) is 0 Å². The topological polar surface area (TPSA) is 72.5 Å². The van der Waals surface area contributed by atoms with Crippen LogP contribution in [-0.4, -0.2) is 26.7 Å². The molecule has 0 amide bonds. The molecular weight excluding hydrogens is 382 g/mol. The third-order valence-electron chi connectivity index (χ3n) is 3.53. The maximum Gasteiger partial charge on any atom is 0.310 e. The minimum absolute atomic E-state index is 0.404. The molecule has 0 heterocycles. The Kier molecular flexibility index (Phi) is 5.16. The molecule has 1 aromatic carbocycles. The summed E-state index contributed by atoms with van der Waals surface area (Å²) < 4.78 is 32.7. The molecule has 116 valence electrons. The maximum atomic E-state index is 12.5. The standard InChI is InChI=1S/C13H15BrClNO4S/c1-20-13(17)9-3-2-4-12(9)21(18,19)16-8-5-6-11(15)10(14)7-8/h5-7,9,12,16H,2-4H2,1H3. The van der Waals surface area contributed by atoms with Crippen molar-refractivity contribution in [1.29, 1.82) is 0 Å². The molecule has 1 aliphatic carbocycles. The SMILES string of the molecule is COC(=O)C1CCCC1S(=O)(=O)Nc1ccc(Cl)c(Br)c1. The van der Waals surface area contributed by atoms with Crippen molar-refractivity contribution in [2.75, 3.05) is 11.8 Å². The van der Waals surface area contributed by atoms with Gasteiger partial charge in [-0.25, -0.2) is 8.42 Å².